The summed E-state index contributed by atoms with van der Waals surface area (Å²) >= 11 is 3.51. The molecule has 0 N–H and O–H groups in total. The molecule has 0 aliphatic carbocycles. The molecule has 2 heterocycles. The van der Waals surface area contributed by atoms with Gasteiger partial charge in [0.15, 0.2) is 0 Å². The van der Waals surface area contributed by atoms with Crippen molar-refractivity contribution in [3.05, 3.63) is 58.7 Å². The fraction of sp³-hybridized carbons (Fsp3) is 0.176. The average molecular weight is 312 g/mol. The Kier molecular flexibility index (Phi) is 4.36. The maximum Gasteiger partial charge on any atom is 0.128 e. The molecular formula is C17H16N2S2. The highest BCUT2D eigenvalue weighted by Gasteiger charge is 2.11. The molecule has 0 amide bonds. The second-order valence-electron chi connectivity index (χ2n) is 4.77. The van der Waals surface area contributed by atoms with Gasteiger partial charge in [0.2, 0.25) is 0 Å². The van der Waals surface area contributed by atoms with Crippen LogP contribution in [0.4, 0.5) is 0 Å². The molecule has 0 aliphatic heterocycles. The van der Waals surface area contributed by atoms with E-state index < -0.39 is 0 Å². The van der Waals surface area contributed by atoms with Crippen LogP contribution in [0.3, 0.4) is 0 Å². The number of aryl methyl sites for hydroxylation is 2. The van der Waals surface area contributed by atoms with Gasteiger partial charge in [0.1, 0.15) is 16.2 Å². The van der Waals surface area contributed by atoms with Gasteiger partial charge in [-0.2, -0.15) is 0 Å². The van der Waals surface area contributed by atoms with Gasteiger partial charge in [0.25, 0.3) is 0 Å². The fourth-order valence-corrected chi connectivity index (χ4v) is 4.06. The molecule has 2 aromatic heterocycles. The standard InChI is InChI=1S/C17H16N2S2/c1-12-13(2)21-17-15(12)16(18-11-19-17)20-10-6-9-14-7-4-3-5-8-14/h3-9,11H,10H2,1-2H3/b9-6+. The molecule has 0 atom stereocenters. The lowest BCUT2D eigenvalue weighted by Gasteiger charge is -2.00. The van der Waals surface area contributed by atoms with E-state index in [0.717, 1.165) is 15.6 Å². The number of thioether (sulfide) groups is 1. The van der Waals surface area contributed by atoms with Crippen molar-refractivity contribution in [2.24, 2.45) is 0 Å². The summed E-state index contributed by atoms with van der Waals surface area (Å²) in [4.78, 5) is 11.2. The predicted octanol–water partition coefficient (Wildman–Crippen LogP) is 5.11. The Labute approximate surface area is 133 Å². The van der Waals surface area contributed by atoms with Gasteiger partial charge in [-0.15, -0.1) is 23.1 Å². The molecule has 2 nitrogen and oxygen atoms in total. The Morgan fingerprint density at radius 2 is 1.95 bits per heavy atom. The molecule has 0 fully saturated rings. The van der Waals surface area contributed by atoms with Gasteiger partial charge in [0.05, 0.1) is 0 Å². The highest BCUT2D eigenvalue weighted by molar-refractivity contribution is 7.99. The van der Waals surface area contributed by atoms with E-state index in [1.54, 1.807) is 29.4 Å². The van der Waals surface area contributed by atoms with Crippen molar-refractivity contribution >= 4 is 39.4 Å². The highest BCUT2D eigenvalue weighted by Crippen LogP contribution is 2.34. The van der Waals surface area contributed by atoms with Gasteiger partial charge in [0, 0.05) is 16.0 Å². The van der Waals surface area contributed by atoms with Gasteiger partial charge >= 0.3 is 0 Å². The van der Waals surface area contributed by atoms with Crippen molar-refractivity contribution in [1.82, 2.24) is 9.97 Å². The molecule has 106 valence electrons. The van der Waals surface area contributed by atoms with Crippen LogP contribution in [0.15, 0.2) is 47.8 Å². The number of rotatable bonds is 4. The smallest absolute Gasteiger partial charge is 0.128 e. The van der Waals surface area contributed by atoms with Crippen LogP contribution in [-0.2, 0) is 0 Å². The van der Waals surface area contributed by atoms with Gasteiger partial charge in [-0.1, -0.05) is 42.5 Å². The van der Waals surface area contributed by atoms with Crippen LogP contribution in [0.1, 0.15) is 16.0 Å². The van der Waals surface area contributed by atoms with E-state index in [4.69, 9.17) is 0 Å². The number of hydrogen-bond donors (Lipinski definition) is 0. The zero-order valence-corrected chi connectivity index (χ0v) is 13.7. The molecule has 0 unspecified atom stereocenters. The molecular weight excluding hydrogens is 296 g/mol. The molecule has 0 saturated heterocycles. The Morgan fingerprint density at radius 1 is 1.14 bits per heavy atom. The van der Waals surface area contributed by atoms with Gasteiger partial charge in [-0.25, -0.2) is 9.97 Å². The van der Waals surface area contributed by atoms with Crippen LogP contribution in [0, 0.1) is 13.8 Å². The Hall–Kier alpha value is -1.65. The maximum absolute atomic E-state index is 4.45. The van der Waals surface area contributed by atoms with Crippen LogP contribution >= 0.6 is 23.1 Å². The summed E-state index contributed by atoms with van der Waals surface area (Å²) in [5.74, 6) is 0.912. The van der Waals surface area contributed by atoms with E-state index in [0.29, 0.717) is 0 Å². The second-order valence-corrected chi connectivity index (χ2v) is 6.98. The first-order chi connectivity index (χ1) is 10.3. The van der Waals surface area contributed by atoms with E-state index in [9.17, 15) is 0 Å². The van der Waals surface area contributed by atoms with Gasteiger partial charge < -0.3 is 0 Å². The van der Waals surface area contributed by atoms with E-state index >= 15 is 0 Å². The van der Waals surface area contributed by atoms with E-state index in [2.05, 4.69) is 60.2 Å². The number of hydrogen-bond acceptors (Lipinski definition) is 4. The molecule has 3 rings (SSSR count). The molecule has 1 aromatic carbocycles. The van der Waals surface area contributed by atoms with E-state index in [1.807, 2.05) is 6.07 Å². The Balaban J connectivity index is 1.75. The molecule has 0 bridgehead atoms. The lowest BCUT2D eigenvalue weighted by molar-refractivity contribution is 1.10. The number of nitrogens with zero attached hydrogens (tertiary/aromatic N) is 2. The average Bonchev–Trinajstić information content (AvgIpc) is 2.80. The number of thiophene rings is 1. The lowest BCUT2D eigenvalue weighted by Crippen LogP contribution is -1.86. The minimum atomic E-state index is 0.912. The molecule has 21 heavy (non-hydrogen) atoms. The number of aromatic nitrogens is 2. The number of benzene rings is 1. The first kappa shape index (κ1) is 14.3. The summed E-state index contributed by atoms with van der Waals surface area (Å²) in [5.41, 5.74) is 2.54. The van der Waals surface area contributed by atoms with Crippen molar-refractivity contribution in [2.45, 2.75) is 18.9 Å². The highest BCUT2D eigenvalue weighted by atomic mass is 32.2. The zero-order valence-electron chi connectivity index (χ0n) is 12.0. The summed E-state index contributed by atoms with van der Waals surface area (Å²) in [6.07, 6.45) is 6.00. The normalized spacial score (nSPS) is 11.5. The molecule has 0 saturated carbocycles. The maximum atomic E-state index is 4.45. The summed E-state index contributed by atoms with van der Waals surface area (Å²) in [7, 11) is 0. The van der Waals surface area contributed by atoms with Crippen molar-refractivity contribution in [3.63, 3.8) is 0 Å². The third kappa shape index (κ3) is 3.17. The fourth-order valence-electron chi connectivity index (χ4n) is 2.13. The number of fused-ring (bicyclic) bond motifs is 1. The first-order valence-electron chi connectivity index (χ1n) is 6.81. The SMILES string of the molecule is Cc1sc2ncnc(SC/C=C/c3ccccc3)c2c1C. The summed E-state index contributed by atoms with van der Waals surface area (Å²) in [5, 5.41) is 2.30. The Bertz CT molecular complexity index is 776. The lowest BCUT2D eigenvalue weighted by atomic mass is 10.2. The van der Waals surface area contributed by atoms with Crippen molar-refractivity contribution < 1.29 is 0 Å². The third-order valence-electron chi connectivity index (χ3n) is 3.36. The summed E-state index contributed by atoms with van der Waals surface area (Å²) in [6, 6.07) is 10.4. The molecule has 0 radical (unpaired) electrons. The van der Waals surface area contributed by atoms with Crippen molar-refractivity contribution in [1.29, 1.82) is 0 Å². The van der Waals surface area contributed by atoms with Gasteiger partial charge in [-0.3, -0.25) is 0 Å². The topological polar surface area (TPSA) is 25.8 Å². The monoisotopic (exact) mass is 312 g/mol. The minimum Gasteiger partial charge on any atom is -0.229 e. The van der Waals surface area contributed by atoms with Crippen LogP contribution in [0.25, 0.3) is 16.3 Å². The van der Waals surface area contributed by atoms with Crippen molar-refractivity contribution in [2.75, 3.05) is 5.75 Å². The summed E-state index contributed by atoms with van der Waals surface area (Å²) in [6.45, 7) is 4.30. The molecule has 4 heteroatoms. The van der Waals surface area contributed by atoms with Crippen LogP contribution in [0.5, 0.6) is 0 Å². The van der Waals surface area contributed by atoms with Crippen LogP contribution in [0.2, 0.25) is 0 Å². The first-order valence-corrected chi connectivity index (χ1v) is 8.61. The summed E-state index contributed by atoms with van der Waals surface area (Å²) < 4.78 is 0. The Morgan fingerprint density at radius 3 is 2.76 bits per heavy atom. The van der Waals surface area contributed by atoms with E-state index in [1.165, 1.54) is 21.4 Å². The quantitative estimate of drug-likeness (QED) is 0.494. The van der Waals surface area contributed by atoms with E-state index in [-0.39, 0.29) is 0 Å². The molecule has 3 aromatic rings. The third-order valence-corrected chi connectivity index (χ3v) is 5.41. The second kappa shape index (κ2) is 6.41. The molecule has 0 aliphatic rings. The largest absolute Gasteiger partial charge is 0.229 e. The van der Waals surface area contributed by atoms with Crippen molar-refractivity contribution in [3.8, 4) is 0 Å². The predicted molar refractivity (Wildman–Crippen MR) is 93.1 cm³/mol. The minimum absolute atomic E-state index is 0.912. The molecule has 0 spiro atoms. The van der Waals surface area contributed by atoms with Crippen LogP contribution < -0.4 is 0 Å². The van der Waals surface area contributed by atoms with Crippen LogP contribution in [-0.4, -0.2) is 15.7 Å². The zero-order chi connectivity index (χ0) is 14.7. The van der Waals surface area contributed by atoms with Gasteiger partial charge in [-0.05, 0) is 25.0 Å².